The summed E-state index contributed by atoms with van der Waals surface area (Å²) in [5.74, 6) is -3.23. The number of carbonyl (C=O) groups is 2. The van der Waals surface area contributed by atoms with E-state index in [1.165, 1.54) is 29.3 Å². The number of nitro groups is 1. The van der Waals surface area contributed by atoms with Crippen molar-refractivity contribution in [3.05, 3.63) is 112 Å². The summed E-state index contributed by atoms with van der Waals surface area (Å²) in [6, 6.07) is 25.9. The van der Waals surface area contributed by atoms with Crippen LogP contribution in [0, 0.1) is 20.9 Å². The van der Waals surface area contributed by atoms with Gasteiger partial charge in [-0.2, -0.15) is 0 Å². The number of nitrogens with zero attached hydrogens (tertiary/aromatic N) is 2. The summed E-state index contributed by atoms with van der Waals surface area (Å²) in [5, 5.41) is 36.5. The predicted molar refractivity (Wildman–Crippen MR) is 172 cm³/mol. The molecule has 5 rings (SSSR count). The van der Waals surface area contributed by atoms with Crippen LogP contribution in [0.25, 0.3) is 0 Å². The van der Waals surface area contributed by atoms with Crippen LogP contribution in [-0.4, -0.2) is 63.7 Å². The maximum absolute atomic E-state index is 13.4. The number of nitro benzene ring substituents is 1. The number of hydrogen-bond acceptors (Lipinski definition) is 6. The Bertz CT molecular complexity index is 1480. The second-order valence-corrected chi connectivity index (χ2v) is 13.1. The molecule has 9 heteroatoms. The van der Waals surface area contributed by atoms with E-state index in [4.69, 9.17) is 0 Å². The molecule has 2 aliphatic heterocycles. The highest BCUT2D eigenvalue weighted by Crippen LogP contribution is 2.57. The molecule has 0 aliphatic carbocycles. The average Bonchev–Trinajstić information content (AvgIpc) is 3.04. The summed E-state index contributed by atoms with van der Waals surface area (Å²) >= 11 is 0. The molecule has 3 aromatic carbocycles. The minimum Gasteiger partial charge on any atom is -0.481 e. The Labute approximate surface area is 264 Å². The molecule has 238 valence electrons. The quantitative estimate of drug-likeness (QED) is 0.185. The summed E-state index contributed by atoms with van der Waals surface area (Å²) in [5.41, 5.74) is -0.375. The molecule has 2 fully saturated rings. The van der Waals surface area contributed by atoms with Crippen molar-refractivity contribution in [3.63, 3.8) is 0 Å². The summed E-state index contributed by atoms with van der Waals surface area (Å²) in [6.45, 7) is 7.47. The smallest absolute Gasteiger partial charge is 0.311 e. The van der Waals surface area contributed by atoms with Crippen molar-refractivity contribution < 1.29 is 24.7 Å². The van der Waals surface area contributed by atoms with Crippen LogP contribution in [0.15, 0.2) is 84.9 Å². The second kappa shape index (κ2) is 12.7. The van der Waals surface area contributed by atoms with Crippen LogP contribution < -0.4 is 5.32 Å². The Balaban J connectivity index is 1.41. The first-order valence-electron chi connectivity index (χ1n) is 15.8. The van der Waals surface area contributed by atoms with Crippen LogP contribution in [0.3, 0.4) is 0 Å². The first-order chi connectivity index (χ1) is 21.5. The van der Waals surface area contributed by atoms with Crippen molar-refractivity contribution in [1.82, 2.24) is 10.2 Å². The molecule has 5 atom stereocenters. The van der Waals surface area contributed by atoms with Crippen LogP contribution in [0.4, 0.5) is 5.69 Å². The van der Waals surface area contributed by atoms with E-state index < -0.39 is 45.7 Å². The normalized spacial score (nSPS) is 28.3. The molecule has 9 nitrogen and oxygen atoms in total. The summed E-state index contributed by atoms with van der Waals surface area (Å²) in [7, 11) is 0. The molecule has 2 saturated heterocycles. The van der Waals surface area contributed by atoms with Gasteiger partial charge in [-0.3, -0.25) is 19.7 Å². The molecule has 0 saturated carbocycles. The summed E-state index contributed by atoms with van der Waals surface area (Å²) in [6.07, 6.45) is 2.61. The molecule has 4 unspecified atom stereocenters. The number of non-ortho nitro benzene ring substituents is 1. The van der Waals surface area contributed by atoms with E-state index in [1.54, 1.807) is 26.8 Å². The van der Waals surface area contributed by atoms with Gasteiger partial charge in [-0.15, -0.1) is 0 Å². The first-order valence-corrected chi connectivity index (χ1v) is 15.8. The maximum atomic E-state index is 13.4. The number of likely N-dealkylation sites (tertiary alicyclic amines) is 1. The van der Waals surface area contributed by atoms with Gasteiger partial charge in [0.25, 0.3) is 5.69 Å². The third kappa shape index (κ3) is 5.64. The maximum Gasteiger partial charge on any atom is 0.311 e. The fourth-order valence-electron chi connectivity index (χ4n) is 8.29. The van der Waals surface area contributed by atoms with Crippen molar-refractivity contribution in [2.24, 2.45) is 10.8 Å². The lowest BCUT2D eigenvalue weighted by Crippen LogP contribution is -2.68. The van der Waals surface area contributed by atoms with Gasteiger partial charge in [-0.05, 0) is 82.8 Å². The van der Waals surface area contributed by atoms with Gasteiger partial charge in [-0.25, -0.2) is 0 Å². The lowest BCUT2D eigenvalue weighted by molar-refractivity contribution is -0.385. The van der Waals surface area contributed by atoms with Crippen molar-refractivity contribution in [1.29, 1.82) is 0 Å². The molecule has 0 spiro atoms. The molecule has 0 radical (unpaired) electrons. The zero-order valence-corrected chi connectivity index (χ0v) is 26.2. The standard InChI is InChI=1S/C36H43N3O6/c1-25-34(3,32(40)41)31(27-12-10-17-30(24-27)39(44)45)36(33(42)43,26(2)37-25)18-11-21-38-22-19-35(20-23-38,28-13-6-4-7-14-28)29-15-8-5-9-16-29/h4-10,12-17,24-26,31,37H,11,18-23H2,1-3H3,(H,40,41)(H,42,43)/t25-,26?,31?,34?,36?/m1/s1. The number of hydrogen-bond donors (Lipinski definition) is 3. The fourth-order valence-corrected chi connectivity index (χ4v) is 8.29. The number of nitrogens with one attached hydrogen (secondary N) is 1. The molecular weight excluding hydrogens is 570 g/mol. The van der Waals surface area contributed by atoms with Crippen LogP contribution in [0.2, 0.25) is 0 Å². The molecule has 2 heterocycles. The van der Waals surface area contributed by atoms with Crippen LogP contribution in [-0.2, 0) is 15.0 Å². The highest BCUT2D eigenvalue weighted by molar-refractivity contribution is 5.84. The van der Waals surface area contributed by atoms with E-state index in [-0.39, 0.29) is 17.5 Å². The highest BCUT2D eigenvalue weighted by atomic mass is 16.6. The van der Waals surface area contributed by atoms with E-state index in [2.05, 4.69) is 58.7 Å². The number of carboxylic acids is 2. The fraction of sp³-hybridized carbons (Fsp3) is 0.444. The Morgan fingerprint density at radius 3 is 1.98 bits per heavy atom. The molecular formula is C36H43N3O6. The van der Waals surface area contributed by atoms with Gasteiger partial charge < -0.3 is 20.4 Å². The van der Waals surface area contributed by atoms with Gasteiger partial charge in [-0.1, -0.05) is 72.8 Å². The number of piperidine rings is 2. The topological polar surface area (TPSA) is 133 Å². The molecule has 0 bridgehead atoms. The zero-order chi connectivity index (χ0) is 32.4. The Kier molecular flexibility index (Phi) is 9.14. The minimum atomic E-state index is -1.53. The van der Waals surface area contributed by atoms with Gasteiger partial charge in [0.2, 0.25) is 0 Å². The minimum absolute atomic E-state index is 0.102. The summed E-state index contributed by atoms with van der Waals surface area (Å²) < 4.78 is 0. The van der Waals surface area contributed by atoms with Crippen LogP contribution in [0.5, 0.6) is 0 Å². The Morgan fingerprint density at radius 2 is 1.47 bits per heavy atom. The molecule has 3 N–H and O–H groups in total. The lowest BCUT2D eigenvalue weighted by Gasteiger charge is -2.56. The van der Waals surface area contributed by atoms with Gasteiger partial charge >= 0.3 is 11.9 Å². The second-order valence-electron chi connectivity index (χ2n) is 13.1. The van der Waals surface area contributed by atoms with Gasteiger partial charge in [0.1, 0.15) is 0 Å². The van der Waals surface area contributed by atoms with E-state index in [9.17, 15) is 29.9 Å². The molecule has 2 aliphatic rings. The van der Waals surface area contributed by atoms with E-state index in [1.807, 2.05) is 12.1 Å². The van der Waals surface area contributed by atoms with Gasteiger partial charge in [0.15, 0.2) is 0 Å². The Morgan fingerprint density at radius 1 is 0.889 bits per heavy atom. The Hall–Kier alpha value is -4.08. The third-order valence-electron chi connectivity index (χ3n) is 11.0. The number of rotatable bonds is 10. The van der Waals surface area contributed by atoms with E-state index in [0.717, 1.165) is 25.9 Å². The van der Waals surface area contributed by atoms with E-state index >= 15 is 0 Å². The SMILES string of the molecule is CC1N[C@H](C)C(C)(C(=O)O)C(c2cccc([N+](=O)[O-])c2)C1(CCCN1CCC(c2ccccc2)(c2ccccc2)CC1)C(=O)O. The number of benzene rings is 3. The predicted octanol–water partition coefficient (Wildman–Crippen LogP) is 6.08. The van der Waals surface area contributed by atoms with Crippen molar-refractivity contribution in [2.75, 3.05) is 19.6 Å². The molecule has 0 aromatic heterocycles. The van der Waals surface area contributed by atoms with E-state index in [0.29, 0.717) is 18.5 Å². The van der Waals surface area contributed by atoms with Crippen molar-refractivity contribution in [2.45, 2.75) is 69.9 Å². The zero-order valence-electron chi connectivity index (χ0n) is 26.2. The van der Waals surface area contributed by atoms with Gasteiger partial charge in [0, 0.05) is 35.5 Å². The van der Waals surface area contributed by atoms with Crippen molar-refractivity contribution >= 4 is 17.6 Å². The molecule has 45 heavy (non-hydrogen) atoms. The van der Waals surface area contributed by atoms with Gasteiger partial charge in [0.05, 0.1) is 15.8 Å². The first kappa shape index (κ1) is 32.3. The lowest BCUT2D eigenvalue weighted by atomic mass is 9.51. The average molecular weight is 614 g/mol. The third-order valence-corrected chi connectivity index (χ3v) is 11.0. The van der Waals surface area contributed by atoms with Crippen LogP contribution in [0.1, 0.15) is 69.1 Å². The summed E-state index contributed by atoms with van der Waals surface area (Å²) in [4.78, 5) is 39.9. The monoisotopic (exact) mass is 613 g/mol. The number of aliphatic carboxylic acids is 2. The largest absolute Gasteiger partial charge is 0.481 e. The molecule has 0 amide bonds. The van der Waals surface area contributed by atoms with Crippen LogP contribution >= 0.6 is 0 Å². The number of carboxylic acid groups (broad SMARTS) is 2. The van der Waals surface area contributed by atoms with Crippen molar-refractivity contribution in [3.8, 4) is 0 Å². The highest BCUT2D eigenvalue weighted by Gasteiger charge is 2.65. The molecule has 3 aromatic rings.